The van der Waals surface area contributed by atoms with Gasteiger partial charge in [-0.15, -0.1) is 0 Å². The van der Waals surface area contributed by atoms with Crippen molar-refractivity contribution in [2.45, 2.75) is 6.42 Å². The van der Waals surface area contributed by atoms with Gasteiger partial charge in [-0.2, -0.15) is 0 Å². The Bertz CT molecular complexity index is 126. The monoisotopic (exact) mass is 141 g/mol. The second-order valence-corrected chi connectivity index (χ2v) is 3.99. The molecule has 0 rings (SSSR count). The van der Waals surface area contributed by atoms with Crippen LogP contribution in [0, 0.1) is 6.92 Å². The van der Waals surface area contributed by atoms with Crippen LogP contribution in [0.4, 0.5) is 0 Å². The molecule has 1 radical (unpaired) electrons. The minimum absolute atomic E-state index is 0.0332. The molecule has 0 N–H and O–H groups in total. The summed E-state index contributed by atoms with van der Waals surface area (Å²) in [6, 6.07) is 0. The molecule has 0 unspecified atom stereocenters. The number of hydrogen-bond acceptors (Lipinski definition) is 2. The molecule has 0 aromatic rings. The SMILES string of the molecule is [CH2]CCS(=O)(=O)Cl. The first kappa shape index (κ1) is 7.24. The van der Waals surface area contributed by atoms with Crippen LogP contribution >= 0.6 is 10.7 Å². The van der Waals surface area contributed by atoms with Crippen molar-refractivity contribution < 1.29 is 8.42 Å². The molecule has 0 aliphatic heterocycles. The number of hydrogen-bond donors (Lipinski definition) is 0. The minimum Gasteiger partial charge on any atom is -0.212 e. The molecule has 43 valence electrons. The molecule has 0 spiro atoms. The standard InChI is InChI=1S/C3H6ClO2S/c1-2-3-7(4,5)6/h1-3H2. The molecule has 7 heavy (non-hydrogen) atoms. The second kappa shape index (κ2) is 2.52. The molecule has 2 nitrogen and oxygen atoms in total. The van der Waals surface area contributed by atoms with E-state index in [2.05, 4.69) is 6.92 Å². The third-order valence-electron chi connectivity index (χ3n) is 0.388. The summed E-state index contributed by atoms with van der Waals surface area (Å²) in [6.07, 6.45) is 0.339. The summed E-state index contributed by atoms with van der Waals surface area (Å²) in [7, 11) is 1.50. The fourth-order valence-electron chi connectivity index (χ4n) is 0.172. The Kier molecular flexibility index (Phi) is 2.61. The lowest BCUT2D eigenvalue weighted by molar-refractivity contribution is 0.609. The molecule has 0 atom stereocenters. The molecule has 0 fully saturated rings. The molecule has 0 aliphatic carbocycles. The third kappa shape index (κ3) is 6.24. The molecule has 0 aromatic heterocycles. The summed E-state index contributed by atoms with van der Waals surface area (Å²) in [5.41, 5.74) is 0. The zero-order chi connectivity index (χ0) is 5.91. The van der Waals surface area contributed by atoms with Gasteiger partial charge in [0.05, 0.1) is 5.75 Å². The number of rotatable bonds is 2. The van der Waals surface area contributed by atoms with Gasteiger partial charge in [0.1, 0.15) is 0 Å². The van der Waals surface area contributed by atoms with Crippen molar-refractivity contribution in [3.63, 3.8) is 0 Å². The normalized spacial score (nSPS) is 11.7. The molecule has 0 amide bonds. The van der Waals surface area contributed by atoms with Crippen LogP contribution in [0.3, 0.4) is 0 Å². The van der Waals surface area contributed by atoms with E-state index in [0.717, 1.165) is 0 Å². The smallest absolute Gasteiger partial charge is 0.212 e. The zero-order valence-electron chi connectivity index (χ0n) is 3.72. The Balaban J connectivity index is 3.60. The molecular formula is C3H6ClO2S. The van der Waals surface area contributed by atoms with Crippen molar-refractivity contribution in [2.75, 3.05) is 5.75 Å². The first-order valence-corrected chi connectivity index (χ1v) is 4.25. The van der Waals surface area contributed by atoms with Crippen molar-refractivity contribution in [1.82, 2.24) is 0 Å². The minimum atomic E-state index is -3.26. The van der Waals surface area contributed by atoms with Crippen LogP contribution < -0.4 is 0 Å². The summed E-state index contributed by atoms with van der Waals surface area (Å²) in [4.78, 5) is 0. The van der Waals surface area contributed by atoms with E-state index in [9.17, 15) is 8.42 Å². The largest absolute Gasteiger partial charge is 0.232 e. The van der Waals surface area contributed by atoms with Crippen LogP contribution in [-0.4, -0.2) is 14.2 Å². The summed E-state index contributed by atoms with van der Waals surface area (Å²) in [5.74, 6) is -0.0332. The highest BCUT2D eigenvalue weighted by molar-refractivity contribution is 8.13. The lowest BCUT2D eigenvalue weighted by atomic mass is 10.6. The highest BCUT2D eigenvalue weighted by Gasteiger charge is 1.99. The maximum atomic E-state index is 9.96. The fourth-order valence-corrected chi connectivity index (χ4v) is 0.845. The highest BCUT2D eigenvalue weighted by Crippen LogP contribution is 1.96. The van der Waals surface area contributed by atoms with Crippen molar-refractivity contribution in [3.8, 4) is 0 Å². The number of halogens is 1. The van der Waals surface area contributed by atoms with E-state index in [0.29, 0.717) is 6.42 Å². The average molecular weight is 142 g/mol. The van der Waals surface area contributed by atoms with Gasteiger partial charge in [0.15, 0.2) is 0 Å². The van der Waals surface area contributed by atoms with Crippen LogP contribution in [0.5, 0.6) is 0 Å². The molecular weight excluding hydrogens is 136 g/mol. The van der Waals surface area contributed by atoms with E-state index in [1.54, 1.807) is 0 Å². The summed E-state index contributed by atoms with van der Waals surface area (Å²) < 4.78 is 19.9. The summed E-state index contributed by atoms with van der Waals surface area (Å²) in [5, 5.41) is 0. The van der Waals surface area contributed by atoms with Gasteiger partial charge < -0.3 is 0 Å². The van der Waals surface area contributed by atoms with E-state index in [-0.39, 0.29) is 5.75 Å². The Morgan fingerprint density at radius 3 is 2.00 bits per heavy atom. The average Bonchev–Trinajstić information content (AvgIpc) is 1.30. The van der Waals surface area contributed by atoms with Gasteiger partial charge in [0.2, 0.25) is 9.05 Å². The van der Waals surface area contributed by atoms with E-state index >= 15 is 0 Å². The molecule has 0 saturated carbocycles. The Labute approximate surface area is 47.9 Å². The Hall–Kier alpha value is 0.240. The Morgan fingerprint density at radius 2 is 2.00 bits per heavy atom. The van der Waals surface area contributed by atoms with Gasteiger partial charge in [-0.1, -0.05) is 6.92 Å². The van der Waals surface area contributed by atoms with Gasteiger partial charge in [0, 0.05) is 10.7 Å². The van der Waals surface area contributed by atoms with E-state index in [1.165, 1.54) is 0 Å². The van der Waals surface area contributed by atoms with Crippen LogP contribution in [0.1, 0.15) is 6.42 Å². The van der Waals surface area contributed by atoms with Gasteiger partial charge in [0.25, 0.3) is 0 Å². The predicted octanol–water partition coefficient (Wildman–Crippen LogP) is 0.779. The van der Waals surface area contributed by atoms with E-state index in [4.69, 9.17) is 10.7 Å². The van der Waals surface area contributed by atoms with Gasteiger partial charge in [-0.25, -0.2) is 8.42 Å². The molecule has 4 heteroatoms. The fraction of sp³-hybridized carbons (Fsp3) is 0.667. The third-order valence-corrected chi connectivity index (χ3v) is 1.63. The molecule has 0 bridgehead atoms. The molecule has 0 saturated heterocycles. The van der Waals surface area contributed by atoms with Crippen molar-refractivity contribution >= 4 is 19.7 Å². The molecule has 0 heterocycles. The maximum absolute atomic E-state index is 9.96. The molecule has 0 aromatic carbocycles. The van der Waals surface area contributed by atoms with Gasteiger partial charge >= 0.3 is 0 Å². The second-order valence-electron chi connectivity index (χ2n) is 1.10. The zero-order valence-corrected chi connectivity index (χ0v) is 5.30. The predicted molar refractivity (Wildman–Crippen MR) is 29.6 cm³/mol. The van der Waals surface area contributed by atoms with E-state index < -0.39 is 9.05 Å². The van der Waals surface area contributed by atoms with Crippen LogP contribution in [0.15, 0.2) is 0 Å². The van der Waals surface area contributed by atoms with Crippen molar-refractivity contribution in [1.29, 1.82) is 0 Å². The summed E-state index contributed by atoms with van der Waals surface area (Å²) in [6.45, 7) is 3.31. The topological polar surface area (TPSA) is 34.1 Å². The van der Waals surface area contributed by atoms with Crippen molar-refractivity contribution in [2.24, 2.45) is 0 Å². The van der Waals surface area contributed by atoms with Crippen LogP contribution in [-0.2, 0) is 9.05 Å². The van der Waals surface area contributed by atoms with Crippen LogP contribution in [0.25, 0.3) is 0 Å². The van der Waals surface area contributed by atoms with Crippen LogP contribution in [0.2, 0.25) is 0 Å². The highest BCUT2D eigenvalue weighted by atomic mass is 35.7. The summed E-state index contributed by atoms with van der Waals surface area (Å²) >= 11 is 0. The first-order valence-electron chi connectivity index (χ1n) is 1.78. The first-order chi connectivity index (χ1) is 3.06. The lowest BCUT2D eigenvalue weighted by Gasteiger charge is -1.84. The lowest BCUT2D eigenvalue weighted by Crippen LogP contribution is -1.93. The van der Waals surface area contributed by atoms with Crippen molar-refractivity contribution in [3.05, 3.63) is 6.92 Å². The Morgan fingerprint density at radius 1 is 1.57 bits per heavy atom. The van der Waals surface area contributed by atoms with Gasteiger partial charge in [-0.3, -0.25) is 0 Å². The molecule has 0 aliphatic rings. The van der Waals surface area contributed by atoms with Gasteiger partial charge in [-0.05, 0) is 6.42 Å². The maximum Gasteiger partial charge on any atom is 0.232 e. The quantitative estimate of drug-likeness (QED) is 0.533. The van der Waals surface area contributed by atoms with E-state index in [1.807, 2.05) is 0 Å².